The second kappa shape index (κ2) is 8.14. The third-order valence-electron chi connectivity index (χ3n) is 4.39. The molecule has 1 aliphatic rings. The van der Waals surface area contributed by atoms with Crippen molar-refractivity contribution in [2.45, 2.75) is 59.4 Å². The van der Waals surface area contributed by atoms with Gasteiger partial charge in [-0.1, -0.05) is 45.0 Å². The van der Waals surface area contributed by atoms with Gasteiger partial charge >= 0.3 is 0 Å². The largest absolute Gasteiger partial charge is 0.369 e. The van der Waals surface area contributed by atoms with E-state index < -0.39 is 0 Å². The minimum Gasteiger partial charge on any atom is -0.369 e. The van der Waals surface area contributed by atoms with Gasteiger partial charge in [-0.25, -0.2) is 0 Å². The molecule has 23 heavy (non-hydrogen) atoms. The van der Waals surface area contributed by atoms with Crippen LogP contribution in [0.3, 0.4) is 0 Å². The summed E-state index contributed by atoms with van der Waals surface area (Å²) in [5.41, 5.74) is 5.44. The normalized spacial score (nSPS) is 13.1. The van der Waals surface area contributed by atoms with E-state index in [1.54, 1.807) is 0 Å². The highest BCUT2D eigenvalue weighted by Gasteiger charge is 2.19. The van der Waals surface area contributed by atoms with E-state index in [2.05, 4.69) is 80.9 Å². The van der Waals surface area contributed by atoms with E-state index in [4.69, 9.17) is 0 Å². The van der Waals surface area contributed by atoms with Crippen LogP contribution in [0, 0.1) is 0 Å². The number of nitrogens with zero attached hydrogens (tertiary/aromatic N) is 2. The van der Waals surface area contributed by atoms with Gasteiger partial charge in [0.25, 0.3) is 0 Å². The number of rotatable bonds is 3. The summed E-state index contributed by atoms with van der Waals surface area (Å²) in [6.45, 7) is 12.2. The van der Waals surface area contributed by atoms with Gasteiger partial charge in [-0.05, 0) is 55.9 Å². The molecule has 0 atom stereocenters. The van der Waals surface area contributed by atoms with Crippen molar-refractivity contribution >= 4 is 5.69 Å². The molecular formula is C21H30N2. The van der Waals surface area contributed by atoms with Crippen LogP contribution in [0.1, 0.15) is 57.4 Å². The summed E-state index contributed by atoms with van der Waals surface area (Å²) in [5.74, 6) is 0.543. The Balaban J connectivity index is 0.000000168. The van der Waals surface area contributed by atoms with Gasteiger partial charge in [-0.15, -0.1) is 0 Å². The summed E-state index contributed by atoms with van der Waals surface area (Å²) in [5, 5.41) is 0. The second-order valence-corrected chi connectivity index (χ2v) is 6.77. The first-order valence-corrected chi connectivity index (χ1v) is 8.82. The van der Waals surface area contributed by atoms with Crippen LogP contribution in [0.2, 0.25) is 0 Å². The van der Waals surface area contributed by atoms with Gasteiger partial charge in [0, 0.05) is 30.2 Å². The summed E-state index contributed by atoms with van der Waals surface area (Å²) in [7, 11) is 0. The van der Waals surface area contributed by atoms with Crippen LogP contribution >= 0.6 is 0 Å². The molecule has 2 aromatic rings. The van der Waals surface area contributed by atoms with Crippen molar-refractivity contribution < 1.29 is 0 Å². The van der Waals surface area contributed by atoms with E-state index in [-0.39, 0.29) is 0 Å². The average Bonchev–Trinajstić information content (AvgIpc) is 3.00. The van der Waals surface area contributed by atoms with Crippen LogP contribution in [0.25, 0.3) is 0 Å². The number of hydrogen-bond acceptors (Lipinski definition) is 2. The Bertz CT molecular complexity index is 599. The van der Waals surface area contributed by atoms with E-state index in [9.17, 15) is 0 Å². The van der Waals surface area contributed by atoms with Gasteiger partial charge in [0.1, 0.15) is 0 Å². The number of fused-ring (bicyclic) bond motifs is 1. The first-order valence-electron chi connectivity index (χ1n) is 8.82. The van der Waals surface area contributed by atoms with Crippen LogP contribution in [0.15, 0.2) is 42.6 Å². The van der Waals surface area contributed by atoms with Gasteiger partial charge < -0.3 is 4.90 Å². The first kappa shape index (κ1) is 17.5. The van der Waals surface area contributed by atoms with Gasteiger partial charge in [0.2, 0.25) is 0 Å². The summed E-state index contributed by atoms with van der Waals surface area (Å²) in [6.07, 6.45) is 4.26. The Morgan fingerprint density at radius 3 is 2.35 bits per heavy atom. The molecule has 1 aliphatic heterocycles. The first-order chi connectivity index (χ1) is 11.0. The standard InChI is InChI=1S/C11H15N.C10H15N/c1-9(2)12-8-7-10-5-3-4-6-11(10)12;1-4-9-5-6-10(8(2)3)11-7-9/h3-6,9H,7-8H2,1-2H3;5-8H,4H2,1-3H3. The van der Waals surface area contributed by atoms with Crippen molar-refractivity contribution in [3.05, 3.63) is 59.4 Å². The molecule has 124 valence electrons. The minimum absolute atomic E-state index is 0.543. The van der Waals surface area contributed by atoms with Crippen LogP contribution in [-0.4, -0.2) is 17.6 Å². The third-order valence-corrected chi connectivity index (χ3v) is 4.39. The third kappa shape index (κ3) is 4.57. The van der Waals surface area contributed by atoms with E-state index in [0.717, 1.165) is 6.42 Å². The van der Waals surface area contributed by atoms with Crippen LogP contribution in [0.4, 0.5) is 5.69 Å². The lowest BCUT2D eigenvalue weighted by molar-refractivity contribution is 0.710. The van der Waals surface area contributed by atoms with Gasteiger partial charge in [0.15, 0.2) is 0 Å². The molecule has 0 amide bonds. The molecule has 0 saturated carbocycles. The summed E-state index contributed by atoms with van der Waals surface area (Å²) >= 11 is 0. The smallest absolute Gasteiger partial charge is 0.0429 e. The zero-order valence-electron chi connectivity index (χ0n) is 15.2. The Morgan fingerprint density at radius 1 is 1.04 bits per heavy atom. The van der Waals surface area contributed by atoms with Crippen molar-refractivity contribution in [3.63, 3.8) is 0 Å². The lowest BCUT2D eigenvalue weighted by Gasteiger charge is -2.23. The molecule has 0 unspecified atom stereocenters. The number of aryl methyl sites for hydroxylation is 1. The Hall–Kier alpha value is -1.83. The molecule has 0 aliphatic carbocycles. The molecule has 0 radical (unpaired) electrons. The lowest BCUT2D eigenvalue weighted by Crippen LogP contribution is -2.28. The molecule has 1 aromatic heterocycles. The molecule has 0 bridgehead atoms. The zero-order chi connectivity index (χ0) is 16.8. The average molecular weight is 310 g/mol. The maximum atomic E-state index is 4.35. The predicted molar refractivity (Wildman–Crippen MR) is 100 cm³/mol. The van der Waals surface area contributed by atoms with E-state index in [0.29, 0.717) is 12.0 Å². The van der Waals surface area contributed by atoms with Gasteiger partial charge in [-0.3, -0.25) is 4.98 Å². The van der Waals surface area contributed by atoms with Crippen molar-refractivity contribution in [1.82, 2.24) is 4.98 Å². The summed E-state index contributed by atoms with van der Waals surface area (Å²) in [4.78, 5) is 6.82. The second-order valence-electron chi connectivity index (χ2n) is 6.77. The molecule has 2 heteroatoms. The molecule has 0 N–H and O–H groups in total. The van der Waals surface area contributed by atoms with Crippen LogP contribution in [-0.2, 0) is 12.8 Å². The molecule has 2 nitrogen and oxygen atoms in total. The highest BCUT2D eigenvalue weighted by atomic mass is 15.2. The molecule has 0 saturated heterocycles. The summed E-state index contributed by atoms with van der Waals surface area (Å²) < 4.78 is 0. The Morgan fingerprint density at radius 2 is 1.78 bits per heavy atom. The number of hydrogen-bond donors (Lipinski definition) is 0. The topological polar surface area (TPSA) is 16.1 Å². The monoisotopic (exact) mass is 310 g/mol. The van der Waals surface area contributed by atoms with Crippen molar-refractivity contribution in [1.29, 1.82) is 0 Å². The molecule has 0 fully saturated rings. The summed E-state index contributed by atoms with van der Waals surface area (Å²) in [6, 6.07) is 13.6. The fraction of sp³-hybridized carbons (Fsp3) is 0.476. The van der Waals surface area contributed by atoms with Crippen LogP contribution in [0.5, 0.6) is 0 Å². The SMILES string of the molecule is CC(C)N1CCc2ccccc21.CCc1ccc(C(C)C)nc1. The minimum atomic E-state index is 0.543. The maximum absolute atomic E-state index is 4.35. The highest BCUT2D eigenvalue weighted by molar-refractivity contribution is 5.58. The Labute approximate surface area is 141 Å². The van der Waals surface area contributed by atoms with Crippen LogP contribution < -0.4 is 4.90 Å². The Kier molecular flexibility index (Phi) is 6.20. The fourth-order valence-corrected chi connectivity index (χ4v) is 2.89. The van der Waals surface area contributed by atoms with Crippen molar-refractivity contribution in [2.24, 2.45) is 0 Å². The molecular weight excluding hydrogens is 280 g/mol. The van der Waals surface area contributed by atoms with E-state index in [1.165, 1.54) is 35.5 Å². The van der Waals surface area contributed by atoms with Gasteiger partial charge in [-0.2, -0.15) is 0 Å². The van der Waals surface area contributed by atoms with Crippen molar-refractivity contribution in [3.8, 4) is 0 Å². The quantitative estimate of drug-likeness (QED) is 0.772. The zero-order valence-corrected chi connectivity index (χ0v) is 15.2. The molecule has 2 heterocycles. The number of aromatic nitrogens is 1. The molecule has 0 spiro atoms. The fourth-order valence-electron chi connectivity index (χ4n) is 2.89. The highest BCUT2D eigenvalue weighted by Crippen LogP contribution is 2.28. The number of para-hydroxylation sites is 1. The molecule has 3 rings (SSSR count). The lowest BCUT2D eigenvalue weighted by atomic mass is 10.1. The van der Waals surface area contributed by atoms with Crippen molar-refractivity contribution in [2.75, 3.05) is 11.4 Å². The number of anilines is 1. The molecule has 1 aromatic carbocycles. The van der Waals surface area contributed by atoms with E-state index >= 15 is 0 Å². The van der Waals surface area contributed by atoms with Gasteiger partial charge in [0.05, 0.1) is 0 Å². The number of pyridine rings is 1. The predicted octanol–water partition coefficient (Wildman–Crippen LogP) is 5.22. The number of benzene rings is 1. The maximum Gasteiger partial charge on any atom is 0.0429 e. The van der Waals surface area contributed by atoms with E-state index in [1.807, 2.05) is 6.20 Å².